The van der Waals surface area contributed by atoms with Gasteiger partial charge in [0.2, 0.25) is 0 Å². The van der Waals surface area contributed by atoms with Gasteiger partial charge in [-0.3, -0.25) is 10.1 Å². The summed E-state index contributed by atoms with van der Waals surface area (Å²) in [6.45, 7) is 4.35. The normalized spacial score (nSPS) is 13.2. The van der Waals surface area contributed by atoms with E-state index < -0.39 is 18.6 Å². The standard InChI is InChI=1S/C31H37ClN2O7/c1-20-22(6-4-7-24(20)21-8-9-27-30(15-21)40-13-12-39-27)19-41-29-16-28(38-11-5-10-34(2)3)23(14-25(29)32)17-33-26(18-35)31(36)37/h4,6-9,14-16,26,33,35H,5,10-13,17-19H2,1-3H3,(H,36,37). The van der Waals surface area contributed by atoms with E-state index in [1.54, 1.807) is 12.1 Å². The Hall–Kier alpha value is -3.50. The molecule has 1 aliphatic rings. The zero-order valence-electron chi connectivity index (χ0n) is 23.6. The smallest absolute Gasteiger partial charge is 0.323 e. The van der Waals surface area contributed by atoms with Gasteiger partial charge in [0.25, 0.3) is 0 Å². The summed E-state index contributed by atoms with van der Waals surface area (Å²) in [6.07, 6.45) is 0.804. The number of aliphatic hydroxyl groups is 1. The van der Waals surface area contributed by atoms with Gasteiger partial charge in [0.05, 0.1) is 18.2 Å². The first-order chi connectivity index (χ1) is 19.8. The van der Waals surface area contributed by atoms with Crippen LogP contribution in [0, 0.1) is 6.92 Å². The van der Waals surface area contributed by atoms with Gasteiger partial charge in [-0.15, -0.1) is 0 Å². The molecule has 10 heteroatoms. The molecule has 1 aliphatic heterocycles. The summed E-state index contributed by atoms with van der Waals surface area (Å²) in [5.74, 6) is 1.35. The Morgan fingerprint density at radius 1 is 1.05 bits per heavy atom. The first-order valence-corrected chi connectivity index (χ1v) is 13.9. The van der Waals surface area contributed by atoms with Gasteiger partial charge in [0, 0.05) is 24.7 Å². The maximum absolute atomic E-state index is 11.3. The van der Waals surface area contributed by atoms with E-state index in [0.29, 0.717) is 41.9 Å². The van der Waals surface area contributed by atoms with Crippen LogP contribution >= 0.6 is 11.6 Å². The second-order valence-corrected chi connectivity index (χ2v) is 10.5. The lowest BCUT2D eigenvalue weighted by Crippen LogP contribution is -2.39. The largest absolute Gasteiger partial charge is 0.493 e. The van der Waals surface area contributed by atoms with Crippen LogP contribution in [-0.4, -0.2) is 74.2 Å². The van der Waals surface area contributed by atoms with Gasteiger partial charge < -0.3 is 34.1 Å². The van der Waals surface area contributed by atoms with Crippen LogP contribution in [0.25, 0.3) is 11.1 Å². The van der Waals surface area contributed by atoms with Crippen molar-refractivity contribution >= 4 is 17.6 Å². The molecule has 0 saturated carbocycles. The van der Waals surface area contributed by atoms with Crippen LogP contribution in [-0.2, 0) is 17.9 Å². The van der Waals surface area contributed by atoms with Crippen LogP contribution in [0.3, 0.4) is 0 Å². The quantitative estimate of drug-likeness (QED) is 0.235. The Morgan fingerprint density at radius 3 is 2.56 bits per heavy atom. The van der Waals surface area contributed by atoms with E-state index in [9.17, 15) is 15.0 Å². The van der Waals surface area contributed by atoms with Crippen molar-refractivity contribution in [3.05, 3.63) is 70.2 Å². The highest BCUT2D eigenvalue weighted by atomic mass is 35.5. The van der Waals surface area contributed by atoms with Gasteiger partial charge in [0.1, 0.15) is 37.4 Å². The van der Waals surface area contributed by atoms with E-state index in [2.05, 4.69) is 23.2 Å². The van der Waals surface area contributed by atoms with Crippen molar-refractivity contribution in [3.8, 4) is 34.1 Å². The molecular weight excluding hydrogens is 548 g/mol. The van der Waals surface area contributed by atoms with E-state index in [-0.39, 0.29) is 13.2 Å². The Kier molecular flexibility index (Phi) is 10.7. The molecule has 1 unspecified atom stereocenters. The molecule has 0 spiro atoms. The van der Waals surface area contributed by atoms with Crippen molar-refractivity contribution in [2.24, 2.45) is 0 Å². The average molecular weight is 585 g/mol. The molecule has 3 aromatic carbocycles. The molecule has 9 nitrogen and oxygen atoms in total. The van der Waals surface area contributed by atoms with Crippen molar-refractivity contribution in [2.75, 3.05) is 47.1 Å². The SMILES string of the molecule is Cc1c(COc2cc(OCCCN(C)C)c(CNC(CO)C(=O)O)cc2Cl)cccc1-c1ccc2c(c1)OCCO2. The second kappa shape index (κ2) is 14.4. The molecule has 0 aliphatic carbocycles. The van der Waals surface area contributed by atoms with E-state index in [4.69, 9.17) is 30.5 Å². The topological polar surface area (TPSA) is 110 Å². The first kappa shape index (κ1) is 30.5. The Balaban J connectivity index is 1.52. The van der Waals surface area contributed by atoms with E-state index in [1.165, 1.54) is 0 Å². The first-order valence-electron chi connectivity index (χ1n) is 13.5. The number of hydrogen-bond donors (Lipinski definition) is 3. The number of halogens is 1. The van der Waals surface area contributed by atoms with Crippen molar-refractivity contribution in [3.63, 3.8) is 0 Å². The molecule has 3 N–H and O–H groups in total. The lowest BCUT2D eigenvalue weighted by atomic mass is 9.96. The summed E-state index contributed by atoms with van der Waals surface area (Å²) in [5, 5.41) is 21.9. The predicted octanol–water partition coefficient (Wildman–Crippen LogP) is 4.53. The Labute approximate surface area is 245 Å². The van der Waals surface area contributed by atoms with Gasteiger partial charge in [-0.1, -0.05) is 35.9 Å². The number of ether oxygens (including phenoxy) is 4. The Bertz CT molecular complexity index is 1350. The van der Waals surface area contributed by atoms with Crippen LogP contribution in [0.1, 0.15) is 23.1 Å². The van der Waals surface area contributed by atoms with Crippen molar-refractivity contribution in [1.82, 2.24) is 10.2 Å². The highest BCUT2D eigenvalue weighted by Crippen LogP contribution is 2.37. The lowest BCUT2D eigenvalue weighted by Gasteiger charge is -2.20. The van der Waals surface area contributed by atoms with Crippen LogP contribution in [0.2, 0.25) is 5.02 Å². The minimum atomic E-state index is -1.14. The molecule has 0 amide bonds. The zero-order valence-corrected chi connectivity index (χ0v) is 24.4. The summed E-state index contributed by atoms with van der Waals surface area (Å²) in [4.78, 5) is 13.4. The molecular formula is C31H37ClN2O7. The number of rotatable bonds is 14. The lowest BCUT2D eigenvalue weighted by molar-refractivity contribution is -0.140. The third kappa shape index (κ3) is 8.04. The number of carboxylic acid groups (broad SMARTS) is 1. The molecule has 3 aromatic rings. The third-order valence-corrected chi connectivity index (χ3v) is 7.12. The number of carboxylic acids is 1. The number of aliphatic carboxylic acids is 1. The van der Waals surface area contributed by atoms with Crippen molar-refractivity contribution in [2.45, 2.75) is 32.5 Å². The maximum Gasteiger partial charge on any atom is 0.323 e. The third-order valence-electron chi connectivity index (χ3n) is 6.82. The number of nitrogens with one attached hydrogen (secondary N) is 1. The molecule has 0 saturated heterocycles. The summed E-state index contributed by atoms with van der Waals surface area (Å²) in [6, 6.07) is 14.4. The van der Waals surface area contributed by atoms with Gasteiger partial charge in [0.15, 0.2) is 11.5 Å². The van der Waals surface area contributed by atoms with E-state index in [0.717, 1.165) is 46.7 Å². The molecule has 0 aromatic heterocycles. The average Bonchev–Trinajstić information content (AvgIpc) is 2.96. The van der Waals surface area contributed by atoms with Crippen molar-refractivity contribution < 1.29 is 34.0 Å². The Morgan fingerprint density at radius 2 is 1.83 bits per heavy atom. The maximum atomic E-state index is 11.3. The fourth-order valence-electron chi connectivity index (χ4n) is 4.50. The predicted molar refractivity (Wildman–Crippen MR) is 157 cm³/mol. The highest BCUT2D eigenvalue weighted by molar-refractivity contribution is 6.32. The molecule has 0 fully saturated rings. The number of carbonyl (C=O) groups is 1. The van der Waals surface area contributed by atoms with Crippen molar-refractivity contribution in [1.29, 1.82) is 0 Å². The van der Waals surface area contributed by atoms with Crippen LogP contribution in [0.4, 0.5) is 0 Å². The summed E-state index contributed by atoms with van der Waals surface area (Å²) >= 11 is 6.61. The minimum Gasteiger partial charge on any atom is -0.493 e. The molecule has 41 heavy (non-hydrogen) atoms. The number of fused-ring (bicyclic) bond motifs is 1. The van der Waals surface area contributed by atoms with Gasteiger partial charge >= 0.3 is 5.97 Å². The summed E-state index contributed by atoms with van der Waals surface area (Å²) < 4.78 is 23.7. The van der Waals surface area contributed by atoms with Crippen LogP contribution in [0.5, 0.6) is 23.0 Å². The summed E-state index contributed by atoms with van der Waals surface area (Å²) in [7, 11) is 3.99. The van der Waals surface area contributed by atoms with Gasteiger partial charge in [-0.05, 0) is 67.9 Å². The monoisotopic (exact) mass is 584 g/mol. The fourth-order valence-corrected chi connectivity index (χ4v) is 4.74. The fraction of sp³-hybridized carbons (Fsp3) is 0.387. The highest BCUT2D eigenvalue weighted by Gasteiger charge is 2.19. The zero-order chi connectivity index (χ0) is 29.4. The molecule has 1 heterocycles. The van der Waals surface area contributed by atoms with Crippen LogP contribution < -0.4 is 24.3 Å². The molecule has 220 valence electrons. The number of benzene rings is 3. The van der Waals surface area contributed by atoms with E-state index >= 15 is 0 Å². The molecule has 4 rings (SSSR count). The minimum absolute atomic E-state index is 0.150. The molecule has 0 radical (unpaired) electrons. The molecule has 1 atom stereocenters. The van der Waals surface area contributed by atoms with Gasteiger partial charge in [-0.25, -0.2) is 0 Å². The summed E-state index contributed by atoms with van der Waals surface area (Å²) in [5.41, 5.74) is 4.84. The van der Waals surface area contributed by atoms with E-state index in [1.807, 2.05) is 44.4 Å². The molecule has 0 bridgehead atoms. The number of hydrogen-bond acceptors (Lipinski definition) is 8. The number of nitrogens with zero attached hydrogens (tertiary/aromatic N) is 1. The van der Waals surface area contributed by atoms with Gasteiger partial charge in [-0.2, -0.15) is 0 Å². The second-order valence-electron chi connectivity index (χ2n) is 10.1. The van der Waals surface area contributed by atoms with Crippen LogP contribution in [0.15, 0.2) is 48.5 Å². The number of aliphatic hydroxyl groups excluding tert-OH is 1.